The van der Waals surface area contributed by atoms with Crippen LogP contribution in [0.25, 0.3) is 28.0 Å². The van der Waals surface area contributed by atoms with E-state index in [1.807, 2.05) is 34.7 Å². The molecule has 2 aromatic carbocycles. The second kappa shape index (κ2) is 7.85. The third kappa shape index (κ3) is 3.58. The maximum Gasteiger partial charge on any atom is 0.211 e. The number of fused-ring (bicyclic) bond motifs is 1. The van der Waals surface area contributed by atoms with Crippen molar-refractivity contribution in [1.29, 1.82) is 0 Å². The van der Waals surface area contributed by atoms with E-state index in [-0.39, 0.29) is 5.82 Å². The number of hydrogen-bond donors (Lipinski definition) is 1. The van der Waals surface area contributed by atoms with Crippen LogP contribution in [0, 0.1) is 5.82 Å². The molecule has 7 heteroatoms. The summed E-state index contributed by atoms with van der Waals surface area (Å²) < 4.78 is 15.5. The molecule has 0 fully saturated rings. The Labute approximate surface area is 184 Å². The fourth-order valence-electron chi connectivity index (χ4n) is 3.78. The summed E-state index contributed by atoms with van der Waals surface area (Å²) in [5.41, 5.74) is 4.52. The Hall–Kier alpha value is -4.13. The van der Waals surface area contributed by atoms with Crippen LogP contribution in [-0.4, -0.2) is 24.6 Å². The zero-order chi connectivity index (χ0) is 22.1. The first-order chi connectivity index (χ1) is 15.5. The van der Waals surface area contributed by atoms with Crippen LogP contribution < -0.4 is 5.32 Å². The summed E-state index contributed by atoms with van der Waals surface area (Å²) in [5, 5.41) is 12.1. The van der Waals surface area contributed by atoms with Crippen LogP contribution >= 0.6 is 0 Å². The van der Waals surface area contributed by atoms with Crippen molar-refractivity contribution < 1.29 is 4.39 Å². The summed E-state index contributed by atoms with van der Waals surface area (Å²) in [6.07, 6.45) is 5.08. The van der Waals surface area contributed by atoms with Gasteiger partial charge in [0.25, 0.3) is 0 Å². The molecule has 0 atom stereocenters. The van der Waals surface area contributed by atoms with Crippen LogP contribution in [0.2, 0.25) is 0 Å². The van der Waals surface area contributed by atoms with Gasteiger partial charge in [-0.2, -0.15) is 0 Å². The summed E-state index contributed by atoms with van der Waals surface area (Å²) in [7, 11) is 0. The molecule has 0 amide bonds. The van der Waals surface area contributed by atoms with Crippen molar-refractivity contribution >= 4 is 11.6 Å². The summed E-state index contributed by atoms with van der Waals surface area (Å²) >= 11 is 0. The molecule has 0 aliphatic heterocycles. The molecule has 3 aromatic heterocycles. The molecule has 5 aromatic rings. The minimum atomic E-state index is -0.404. The van der Waals surface area contributed by atoms with Gasteiger partial charge in [0.05, 0.1) is 16.8 Å². The second-order valence-corrected chi connectivity index (χ2v) is 8.04. The molecule has 3 heterocycles. The van der Waals surface area contributed by atoms with Crippen molar-refractivity contribution in [2.75, 3.05) is 5.32 Å². The first kappa shape index (κ1) is 19.8. The number of hydrogen-bond acceptors (Lipinski definition) is 5. The summed E-state index contributed by atoms with van der Waals surface area (Å²) in [5.74, 6) is 0.309. The van der Waals surface area contributed by atoms with Crippen LogP contribution in [0.3, 0.4) is 0 Å². The molecule has 0 unspecified atom stereocenters. The van der Waals surface area contributed by atoms with Crippen molar-refractivity contribution in [3.63, 3.8) is 0 Å². The lowest BCUT2D eigenvalue weighted by atomic mass is 9.94. The fraction of sp³-hybridized carbons (Fsp3) is 0.120. The monoisotopic (exact) mass is 424 g/mol. The van der Waals surface area contributed by atoms with Gasteiger partial charge in [0, 0.05) is 18.0 Å². The molecular formula is C25H21FN6. The lowest BCUT2D eigenvalue weighted by Crippen LogP contribution is -2.29. The highest BCUT2D eigenvalue weighted by Crippen LogP contribution is 2.36. The van der Waals surface area contributed by atoms with Gasteiger partial charge in [0.15, 0.2) is 5.65 Å². The van der Waals surface area contributed by atoms with Gasteiger partial charge in [-0.15, -0.1) is 10.2 Å². The number of nitrogens with one attached hydrogen (secondary N) is 1. The van der Waals surface area contributed by atoms with Crippen LogP contribution in [0.5, 0.6) is 0 Å². The molecule has 0 radical (unpaired) electrons. The number of halogens is 1. The van der Waals surface area contributed by atoms with Gasteiger partial charge in [-0.25, -0.2) is 9.37 Å². The van der Waals surface area contributed by atoms with Gasteiger partial charge in [0.2, 0.25) is 5.95 Å². The largest absolute Gasteiger partial charge is 0.346 e. The third-order valence-corrected chi connectivity index (χ3v) is 5.46. The molecule has 6 nitrogen and oxygen atoms in total. The Kier molecular flexibility index (Phi) is 4.86. The van der Waals surface area contributed by atoms with Gasteiger partial charge >= 0.3 is 0 Å². The highest BCUT2D eigenvalue weighted by atomic mass is 19.1. The SMILES string of the molecule is CC(C)(Nc1nc(-c2ccncc2)c(-c2ccc(F)cc2)c2nncn12)c1ccccc1. The smallest absolute Gasteiger partial charge is 0.211 e. The highest BCUT2D eigenvalue weighted by Gasteiger charge is 2.25. The van der Waals surface area contributed by atoms with Crippen molar-refractivity contribution in [1.82, 2.24) is 24.6 Å². The van der Waals surface area contributed by atoms with E-state index < -0.39 is 5.54 Å². The second-order valence-electron chi connectivity index (χ2n) is 8.04. The van der Waals surface area contributed by atoms with Gasteiger partial charge in [0.1, 0.15) is 12.1 Å². The molecule has 0 saturated heterocycles. The number of aromatic nitrogens is 5. The third-order valence-electron chi connectivity index (χ3n) is 5.46. The fourth-order valence-corrected chi connectivity index (χ4v) is 3.78. The van der Waals surface area contributed by atoms with E-state index in [9.17, 15) is 4.39 Å². The molecule has 0 saturated carbocycles. The number of benzene rings is 2. The number of rotatable bonds is 5. The zero-order valence-electron chi connectivity index (χ0n) is 17.7. The predicted octanol–water partition coefficient (Wildman–Crippen LogP) is 5.34. The van der Waals surface area contributed by atoms with E-state index in [0.717, 1.165) is 22.3 Å². The van der Waals surface area contributed by atoms with Gasteiger partial charge < -0.3 is 5.32 Å². The lowest BCUT2D eigenvalue weighted by molar-refractivity contribution is 0.600. The Bertz CT molecular complexity index is 1360. The van der Waals surface area contributed by atoms with E-state index in [1.54, 1.807) is 30.9 Å². The van der Waals surface area contributed by atoms with E-state index in [4.69, 9.17) is 4.98 Å². The molecule has 158 valence electrons. The van der Waals surface area contributed by atoms with Crippen molar-refractivity contribution in [2.45, 2.75) is 19.4 Å². The highest BCUT2D eigenvalue weighted by molar-refractivity contribution is 5.90. The van der Waals surface area contributed by atoms with Crippen molar-refractivity contribution in [3.8, 4) is 22.4 Å². The minimum Gasteiger partial charge on any atom is -0.346 e. The van der Waals surface area contributed by atoms with E-state index in [0.29, 0.717) is 17.3 Å². The lowest BCUT2D eigenvalue weighted by Gasteiger charge is -2.28. The van der Waals surface area contributed by atoms with Crippen LogP contribution in [0.15, 0.2) is 85.5 Å². The standard InChI is InChI=1S/C25H21FN6/c1-25(2,19-6-4-3-5-7-19)30-24-29-22(18-12-14-27-15-13-18)21(23-31-28-16-32(23)24)17-8-10-20(26)11-9-17/h3-16H,1-2H3,(H,29,30). The van der Waals surface area contributed by atoms with Crippen LogP contribution in [-0.2, 0) is 5.54 Å². The molecule has 0 spiro atoms. The average molecular weight is 424 g/mol. The van der Waals surface area contributed by atoms with E-state index in [2.05, 4.69) is 46.5 Å². The average Bonchev–Trinajstić information content (AvgIpc) is 3.31. The van der Waals surface area contributed by atoms with E-state index >= 15 is 0 Å². The predicted molar refractivity (Wildman–Crippen MR) is 122 cm³/mol. The summed E-state index contributed by atoms with van der Waals surface area (Å²) in [6, 6.07) is 20.3. The Balaban J connectivity index is 1.73. The molecule has 32 heavy (non-hydrogen) atoms. The minimum absolute atomic E-state index is 0.299. The Morgan fingerprint density at radius 1 is 0.875 bits per heavy atom. The molecule has 1 N–H and O–H groups in total. The maximum atomic E-state index is 13.6. The maximum absolute atomic E-state index is 13.6. The van der Waals surface area contributed by atoms with Gasteiger partial charge in [-0.3, -0.25) is 9.38 Å². The molecule has 0 bridgehead atoms. The number of nitrogens with zero attached hydrogens (tertiary/aromatic N) is 5. The normalized spacial score (nSPS) is 11.6. The zero-order valence-corrected chi connectivity index (χ0v) is 17.7. The first-order valence-corrected chi connectivity index (χ1v) is 10.3. The Morgan fingerprint density at radius 2 is 1.59 bits per heavy atom. The number of anilines is 1. The van der Waals surface area contributed by atoms with Gasteiger partial charge in [-0.05, 0) is 49.2 Å². The molecule has 0 aliphatic carbocycles. The topological polar surface area (TPSA) is 68.0 Å². The molecular weight excluding hydrogens is 403 g/mol. The first-order valence-electron chi connectivity index (χ1n) is 10.3. The number of pyridine rings is 1. The van der Waals surface area contributed by atoms with Crippen LogP contribution in [0.4, 0.5) is 10.3 Å². The quantitative estimate of drug-likeness (QED) is 0.412. The molecule has 5 rings (SSSR count). The summed E-state index contributed by atoms with van der Waals surface area (Å²) in [6.45, 7) is 4.19. The van der Waals surface area contributed by atoms with E-state index in [1.165, 1.54) is 12.1 Å². The molecule has 0 aliphatic rings. The van der Waals surface area contributed by atoms with Gasteiger partial charge in [-0.1, -0.05) is 42.5 Å². The summed E-state index contributed by atoms with van der Waals surface area (Å²) in [4.78, 5) is 9.14. The Morgan fingerprint density at radius 3 is 2.31 bits per heavy atom. The van der Waals surface area contributed by atoms with Crippen LogP contribution in [0.1, 0.15) is 19.4 Å². The van der Waals surface area contributed by atoms with Crippen molar-refractivity contribution in [2.24, 2.45) is 0 Å². The van der Waals surface area contributed by atoms with Crippen molar-refractivity contribution in [3.05, 3.63) is 96.8 Å².